The summed E-state index contributed by atoms with van der Waals surface area (Å²) in [6.45, 7) is 5.02. The first-order valence-corrected chi connectivity index (χ1v) is 7.72. The van der Waals surface area contributed by atoms with Gasteiger partial charge in [0, 0.05) is 30.8 Å². The van der Waals surface area contributed by atoms with E-state index in [-0.39, 0.29) is 22.8 Å². The molecule has 1 aliphatic rings. The summed E-state index contributed by atoms with van der Waals surface area (Å²) >= 11 is 0. The molecule has 0 saturated carbocycles. The molecule has 1 aromatic rings. The molecule has 3 unspecified atom stereocenters. The molecule has 0 bridgehead atoms. The molecule has 3 atom stereocenters. The van der Waals surface area contributed by atoms with Crippen LogP contribution in [-0.4, -0.2) is 23.7 Å². The molecule has 0 radical (unpaired) electrons. The molecule has 116 valence electrons. The van der Waals surface area contributed by atoms with E-state index in [9.17, 15) is 10.1 Å². The van der Waals surface area contributed by atoms with E-state index in [1.165, 1.54) is 0 Å². The lowest BCUT2D eigenvalue weighted by Gasteiger charge is -2.31. The first-order valence-electron chi connectivity index (χ1n) is 7.72. The second-order valence-corrected chi connectivity index (χ2v) is 5.76. The average Bonchev–Trinajstić information content (AvgIpc) is 2.47. The quantitative estimate of drug-likeness (QED) is 0.643. The number of ether oxygens (including phenoxy) is 1. The van der Waals surface area contributed by atoms with Crippen molar-refractivity contribution in [3.63, 3.8) is 0 Å². The Hall–Kier alpha value is -1.46. The molecule has 21 heavy (non-hydrogen) atoms. The minimum absolute atomic E-state index is 0.163. The molecule has 2 rings (SSSR count). The lowest BCUT2D eigenvalue weighted by Crippen LogP contribution is -2.40. The highest BCUT2D eigenvalue weighted by atomic mass is 16.6. The van der Waals surface area contributed by atoms with Gasteiger partial charge in [0.1, 0.15) is 0 Å². The summed E-state index contributed by atoms with van der Waals surface area (Å²) in [6, 6.07) is 7.57. The van der Waals surface area contributed by atoms with Gasteiger partial charge in [-0.15, -0.1) is 0 Å². The number of non-ortho nitro benzene ring substituents is 1. The van der Waals surface area contributed by atoms with Gasteiger partial charge < -0.3 is 10.1 Å². The molecule has 0 aromatic heterocycles. The van der Waals surface area contributed by atoms with E-state index < -0.39 is 0 Å². The Kier molecular flexibility index (Phi) is 5.70. The number of benzene rings is 1. The van der Waals surface area contributed by atoms with E-state index in [1.807, 2.05) is 6.07 Å². The molecule has 1 aromatic carbocycles. The Labute approximate surface area is 125 Å². The third-order valence-electron chi connectivity index (χ3n) is 3.98. The Balaban J connectivity index is 2.10. The van der Waals surface area contributed by atoms with Crippen LogP contribution < -0.4 is 5.32 Å². The minimum atomic E-state index is -0.330. The number of nitro groups is 1. The van der Waals surface area contributed by atoms with E-state index in [0.29, 0.717) is 6.04 Å². The van der Waals surface area contributed by atoms with Crippen LogP contribution in [0.2, 0.25) is 0 Å². The summed E-state index contributed by atoms with van der Waals surface area (Å²) in [5, 5.41) is 14.6. The molecular formula is C16H24N2O3. The van der Waals surface area contributed by atoms with Crippen molar-refractivity contribution in [3.05, 3.63) is 39.9 Å². The molecule has 1 fully saturated rings. The third kappa shape index (κ3) is 4.51. The van der Waals surface area contributed by atoms with Crippen molar-refractivity contribution >= 4 is 5.69 Å². The highest BCUT2D eigenvalue weighted by Gasteiger charge is 2.23. The fraction of sp³-hybridized carbons (Fsp3) is 0.625. The van der Waals surface area contributed by atoms with Gasteiger partial charge in [-0.1, -0.05) is 25.5 Å². The van der Waals surface area contributed by atoms with E-state index in [4.69, 9.17) is 4.74 Å². The third-order valence-corrected chi connectivity index (χ3v) is 3.98. The van der Waals surface area contributed by atoms with Gasteiger partial charge in [0.2, 0.25) is 0 Å². The predicted molar refractivity (Wildman–Crippen MR) is 82.3 cm³/mol. The summed E-state index contributed by atoms with van der Waals surface area (Å²) in [7, 11) is 0. The Morgan fingerprint density at radius 1 is 1.52 bits per heavy atom. The summed E-state index contributed by atoms with van der Waals surface area (Å²) in [5.74, 6) is 0. The summed E-state index contributed by atoms with van der Waals surface area (Å²) in [5.41, 5.74) is 1.17. The number of rotatable bonds is 6. The first-order chi connectivity index (χ1) is 10.1. The zero-order chi connectivity index (χ0) is 15.2. The Morgan fingerprint density at radius 3 is 3.00 bits per heavy atom. The number of hydrogen-bond donors (Lipinski definition) is 1. The molecule has 1 heterocycles. The van der Waals surface area contributed by atoms with Gasteiger partial charge in [-0.05, 0) is 31.7 Å². The topological polar surface area (TPSA) is 64.4 Å². The maximum atomic E-state index is 10.9. The zero-order valence-corrected chi connectivity index (χ0v) is 12.7. The molecule has 0 aliphatic carbocycles. The molecular weight excluding hydrogens is 268 g/mol. The lowest BCUT2D eigenvalue weighted by molar-refractivity contribution is -0.384. The van der Waals surface area contributed by atoms with E-state index >= 15 is 0 Å². The summed E-state index contributed by atoms with van der Waals surface area (Å²) < 4.78 is 5.58. The summed E-state index contributed by atoms with van der Waals surface area (Å²) in [4.78, 5) is 10.6. The zero-order valence-electron chi connectivity index (χ0n) is 12.7. The van der Waals surface area contributed by atoms with E-state index in [1.54, 1.807) is 18.2 Å². The second-order valence-electron chi connectivity index (χ2n) is 5.76. The highest BCUT2D eigenvalue weighted by molar-refractivity contribution is 5.35. The second kappa shape index (κ2) is 7.52. The van der Waals surface area contributed by atoms with Gasteiger partial charge >= 0.3 is 0 Å². The Morgan fingerprint density at radius 2 is 2.33 bits per heavy atom. The van der Waals surface area contributed by atoms with Crippen LogP contribution in [0.3, 0.4) is 0 Å². The normalized spacial score (nSPS) is 23.7. The maximum Gasteiger partial charge on any atom is 0.269 e. The molecule has 0 amide bonds. The lowest BCUT2D eigenvalue weighted by atomic mass is 9.97. The van der Waals surface area contributed by atoms with Gasteiger partial charge in [0.15, 0.2) is 0 Å². The van der Waals surface area contributed by atoms with Crippen molar-refractivity contribution in [3.8, 4) is 0 Å². The number of nitrogens with zero attached hydrogens (tertiary/aromatic N) is 1. The van der Waals surface area contributed by atoms with Crippen molar-refractivity contribution in [2.24, 2.45) is 0 Å². The fourth-order valence-electron chi connectivity index (χ4n) is 2.92. The molecule has 1 aliphatic heterocycles. The largest absolute Gasteiger partial charge is 0.378 e. The number of nitrogens with one attached hydrogen (secondary N) is 1. The van der Waals surface area contributed by atoms with Gasteiger partial charge in [-0.3, -0.25) is 10.1 Å². The smallest absolute Gasteiger partial charge is 0.269 e. The maximum absolute atomic E-state index is 10.9. The molecule has 1 N–H and O–H groups in total. The number of nitro benzene ring substituents is 1. The summed E-state index contributed by atoms with van der Waals surface area (Å²) in [6.07, 6.45) is 4.30. The standard InChI is InChI=1S/C16H24N2O3/c1-3-5-16(17-14-8-9-21-12(2)10-14)13-6-4-7-15(11-13)18(19)20/h4,6-7,11-12,14,16-17H,3,5,8-10H2,1-2H3. The van der Waals surface area contributed by atoms with Crippen molar-refractivity contribution in [1.29, 1.82) is 0 Å². The monoisotopic (exact) mass is 292 g/mol. The van der Waals surface area contributed by atoms with Crippen LogP contribution in [0, 0.1) is 10.1 Å². The molecule has 5 nitrogen and oxygen atoms in total. The SMILES string of the molecule is CCCC(NC1CCOC(C)C1)c1cccc([N+](=O)[O-])c1. The van der Waals surface area contributed by atoms with Crippen molar-refractivity contribution in [2.45, 2.75) is 57.7 Å². The molecule has 1 saturated heterocycles. The van der Waals surface area contributed by atoms with E-state index in [0.717, 1.165) is 37.9 Å². The van der Waals surface area contributed by atoms with Crippen molar-refractivity contribution < 1.29 is 9.66 Å². The van der Waals surface area contributed by atoms with Gasteiger partial charge in [-0.2, -0.15) is 0 Å². The predicted octanol–water partition coefficient (Wildman–Crippen LogP) is 3.59. The van der Waals surface area contributed by atoms with Crippen LogP contribution in [0.1, 0.15) is 51.1 Å². The van der Waals surface area contributed by atoms with Crippen molar-refractivity contribution in [2.75, 3.05) is 6.61 Å². The van der Waals surface area contributed by atoms with Crippen LogP contribution in [0.4, 0.5) is 5.69 Å². The van der Waals surface area contributed by atoms with E-state index in [2.05, 4.69) is 19.2 Å². The van der Waals surface area contributed by atoms with Gasteiger partial charge in [-0.25, -0.2) is 0 Å². The molecule has 5 heteroatoms. The average molecular weight is 292 g/mol. The highest BCUT2D eigenvalue weighted by Crippen LogP contribution is 2.25. The van der Waals surface area contributed by atoms with Crippen molar-refractivity contribution in [1.82, 2.24) is 5.32 Å². The van der Waals surface area contributed by atoms with Gasteiger partial charge in [0.25, 0.3) is 5.69 Å². The Bertz CT molecular complexity index is 478. The number of hydrogen-bond acceptors (Lipinski definition) is 4. The van der Waals surface area contributed by atoms with Crippen LogP contribution in [0.5, 0.6) is 0 Å². The van der Waals surface area contributed by atoms with Crippen LogP contribution in [-0.2, 0) is 4.74 Å². The molecule has 0 spiro atoms. The van der Waals surface area contributed by atoms with Crippen LogP contribution in [0.15, 0.2) is 24.3 Å². The first kappa shape index (κ1) is 15.9. The van der Waals surface area contributed by atoms with Crippen LogP contribution in [0.25, 0.3) is 0 Å². The van der Waals surface area contributed by atoms with Gasteiger partial charge in [0.05, 0.1) is 11.0 Å². The van der Waals surface area contributed by atoms with Crippen LogP contribution >= 0.6 is 0 Å². The fourth-order valence-corrected chi connectivity index (χ4v) is 2.92. The minimum Gasteiger partial charge on any atom is -0.378 e.